The third-order valence-corrected chi connectivity index (χ3v) is 6.91. The number of thiophene rings is 1. The molecule has 1 fully saturated rings. The number of aliphatic hydroxyl groups is 1. The van der Waals surface area contributed by atoms with E-state index in [4.69, 9.17) is 0 Å². The number of H-pyrrole nitrogens is 1. The van der Waals surface area contributed by atoms with E-state index >= 15 is 0 Å². The van der Waals surface area contributed by atoms with Crippen LogP contribution in [0.3, 0.4) is 0 Å². The minimum atomic E-state index is -4.38. The van der Waals surface area contributed by atoms with Crippen molar-refractivity contribution in [1.82, 2.24) is 14.7 Å². The van der Waals surface area contributed by atoms with Gasteiger partial charge in [0, 0.05) is 29.7 Å². The molecular formula is C18H21F3N4O3S. The maximum absolute atomic E-state index is 13.2. The summed E-state index contributed by atoms with van der Waals surface area (Å²) in [4.78, 5) is 28.3. The summed E-state index contributed by atoms with van der Waals surface area (Å²) in [6.45, 7) is 1.46. The summed E-state index contributed by atoms with van der Waals surface area (Å²) in [5.74, 6) is -0.362. The molecule has 3 heterocycles. The number of alkyl halides is 3. The zero-order chi connectivity index (χ0) is 20.9. The number of hydrogen-bond acceptors (Lipinski definition) is 5. The van der Waals surface area contributed by atoms with Crippen LogP contribution in [0.2, 0.25) is 0 Å². The van der Waals surface area contributed by atoms with Gasteiger partial charge in [-0.25, -0.2) is 4.68 Å². The van der Waals surface area contributed by atoms with Gasteiger partial charge in [0.05, 0.1) is 18.5 Å². The molecule has 1 aliphatic carbocycles. The van der Waals surface area contributed by atoms with E-state index in [-0.39, 0.29) is 24.1 Å². The summed E-state index contributed by atoms with van der Waals surface area (Å²) in [5, 5.41) is 13.9. The Balaban J connectivity index is 1.74. The smallest absolute Gasteiger partial charge is 0.356 e. The van der Waals surface area contributed by atoms with E-state index in [1.165, 1.54) is 26.7 Å². The lowest BCUT2D eigenvalue weighted by Gasteiger charge is -2.47. The van der Waals surface area contributed by atoms with Crippen molar-refractivity contribution >= 4 is 22.2 Å². The molecule has 11 heteroatoms. The number of halogens is 3. The van der Waals surface area contributed by atoms with E-state index in [0.29, 0.717) is 21.0 Å². The van der Waals surface area contributed by atoms with Gasteiger partial charge in [-0.05, 0) is 31.7 Å². The van der Waals surface area contributed by atoms with Crippen LogP contribution in [0.4, 0.5) is 18.2 Å². The van der Waals surface area contributed by atoms with Gasteiger partial charge in [0.2, 0.25) is 6.35 Å². The Morgan fingerprint density at radius 1 is 1.31 bits per heavy atom. The highest BCUT2D eigenvalue weighted by Gasteiger charge is 2.45. The molecule has 1 saturated carbocycles. The topological polar surface area (TPSA) is 81.6 Å². The molecular weight excluding hydrogens is 409 g/mol. The number of aromatic nitrogens is 2. The first-order valence-electron chi connectivity index (χ1n) is 9.38. The van der Waals surface area contributed by atoms with Crippen LogP contribution in [-0.4, -0.2) is 50.8 Å². The summed E-state index contributed by atoms with van der Waals surface area (Å²) in [5.41, 5.74) is 0.709. The molecule has 0 bridgehead atoms. The van der Waals surface area contributed by atoms with Crippen molar-refractivity contribution < 1.29 is 23.1 Å². The second-order valence-corrected chi connectivity index (χ2v) is 8.50. The minimum Gasteiger partial charge on any atom is -0.356 e. The normalized spacial score (nSPS) is 20.2. The van der Waals surface area contributed by atoms with Gasteiger partial charge in [0.1, 0.15) is 5.00 Å². The molecule has 7 nitrogen and oxygen atoms in total. The van der Waals surface area contributed by atoms with Gasteiger partial charge >= 0.3 is 6.18 Å². The number of carbonyl (C=O) groups is 1. The van der Waals surface area contributed by atoms with Gasteiger partial charge in [0.25, 0.3) is 11.5 Å². The molecule has 4 rings (SSSR count). The molecule has 29 heavy (non-hydrogen) atoms. The van der Waals surface area contributed by atoms with Crippen LogP contribution in [0, 0.1) is 6.92 Å². The Kier molecular flexibility index (Phi) is 4.97. The Bertz CT molecular complexity index is 976. The third-order valence-electron chi connectivity index (χ3n) is 5.59. The molecule has 158 valence electrons. The Labute approximate surface area is 168 Å². The number of aliphatic hydroxyl groups excluding tert-OH is 1. The summed E-state index contributed by atoms with van der Waals surface area (Å²) in [6.07, 6.45) is -3.05. The van der Waals surface area contributed by atoms with Crippen molar-refractivity contribution in [2.24, 2.45) is 0 Å². The van der Waals surface area contributed by atoms with Crippen molar-refractivity contribution in [3.63, 3.8) is 0 Å². The monoisotopic (exact) mass is 430 g/mol. The number of nitrogens with one attached hydrogen (secondary N) is 1. The van der Waals surface area contributed by atoms with E-state index in [1.807, 2.05) is 0 Å². The zero-order valence-electron chi connectivity index (χ0n) is 15.7. The number of nitrogens with zero attached hydrogens (tertiary/aromatic N) is 3. The van der Waals surface area contributed by atoms with Gasteiger partial charge in [-0.2, -0.15) is 13.2 Å². The Morgan fingerprint density at radius 2 is 2.03 bits per heavy atom. The average molecular weight is 430 g/mol. The SMILES string of the molecule is Cc1c(Cn2[nH]ccc2=O)sc2c1C(=O)N(C1CCC1)C(O)N2CCC(F)(F)F. The van der Waals surface area contributed by atoms with Crippen molar-refractivity contribution in [2.75, 3.05) is 11.4 Å². The molecule has 0 radical (unpaired) electrons. The summed E-state index contributed by atoms with van der Waals surface area (Å²) in [7, 11) is 0. The predicted octanol–water partition coefficient (Wildman–Crippen LogP) is 2.64. The summed E-state index contributed by atoms with van der Waals surface area (Å²) in [6, 6.07) is 1.19. The van der Waals surface area contributed by atoms with Crippen molar-refractivity contribution in [2.45, 2.75) is 57.7 Å². The van der Waals surface area contributed by atoms with Crippen LogP contribution in [0.5, 0.6) is 0 Å². The lowest BCUT2D eigenvalue weighted by molar-refractivity contribution is -0.134. The second-order valence-electron chi connectivity index (χ2n) is 7.42. The molecule has 1 amide bonds. The number of aromatic amines is 1. The van der Waals surface area contributed by atoms with Crippen LogP contribution in [-0.2, 0) is 6.54 Å². The standard InChI is InChI=1S/C18H21F3N4O3S/c1-10-12(9-24-13(26)5-7-22-24)29-16-14(10)15(27)25(11-3-2-4-11)17(28)23(16)8-6-18(19,20)21/h5,7,11,17,22,28H,2-4,6,8-9H2,1H3. The second kappa shape index (κ2) is 7.21. The lowest BCUT2D eigenvalue weighted by atomic mass is 9.90. The zero-order valence-corrected chi connectivity index (χ0v) is 16.5. The molecule has 0 aromatic carbocycles. The van der Waals surface area contributed by atoms with E-state index < -0.39 is 25.5 Å². The van der Waals surface area contributed by atoms with Crippen LogP contribution < -0.4 is 10.5 Å². The highest BCUT2D eigenvalue weighted by atomic mass is 32.1. The molecule has 0 saturated heterocycles. The third kappa shape index (κ3) is 3.57. The maximum Gasteiger partial charge on any atom is 0.390 e. The van der Waals surface area contributed by atoms with Crippen molar-refractivity contribution in [3.8, 4) is 0 Å². The van der Waals surface area contributed by atoms with Gasteiger partial charge in [-0.15, -0.1) is 11.3 Å². The van der Waals surface area contributed by atoms with E-state index in [9.17, 15) is 27.9 Å². The number of carbonyl (C=O) groups excluding carboxylic acids is 1. The van der Waals surface area contributed by atoms with E-state index in [0.717, 1.165) is 30.6 Å². The largest absolute Gasteiger partial charge is 0.390 e. The molecule has 2 aromatic heterocycles. The maximum atomic E-state index is 13.2. The Morgan fingerprint density at radius 3 is 2.59 bits per heavy atom. The average Bonchev–Trinajstić information content (AvgIpc) is 3.13. The quantitative estimate of drug-likeness (QED) is 0.764. The highest BCUT2D eigenvalue weighted by molar-refractivity contribution is 7.16. The molecule has 2 aliphatic rings. The van der Waals surface area contributed by atoms with Gasteiger partial charge in [-0.3, -0.25) is 14.5 Å². The summed E-state index contributed by atoms with van der Waals surface area (Å²) >= 11 is 1.15. The minimum absolute atomic E-state index is 0.173. The number of fused-ring (bicyclic) bond motifs is 1. The van der Waals surface area contributed by atoms with Crippen LogP contribution in [0.15, 0.2) is 17.1 Å². The molecule has 1 aliphatic heterocycles. The van der Waals surface area contributed by atoms with Crippen LogP contribution in [0.25, 0.3) is 0 Å². The number of anilines is 1. The van der Waals surface area contributed by atoms with E-state index in [2.05, 4.69) is 5.10 Å². The van der Waals surface area contributed by atoms with Gasteiger partial charge in [0.15, 0.2) is 0 Å². The first-order valence-corrected chi connectivity index (χ1v) is 10.2. The fourth-order valence-electron chi connectivity index (χ4n) is 3.74. The predicted molar refractivity (Wildman–Crippen MR) is 101 cm³/mol. The van der Waals surface area contributed by atoms with E-state index in [1.54, 1.807) is 6.92 Å². The molecule has 1 unspecified atom stereocenters. The summed E-state index contributed by atoms with van der Waals surface area (Å²) < 4.78 is 40.0. The fraction of sp³-hybridized carbons (Fsp3) is 0.556. The number of hydrogen-bond donors (Lipinski definition) is 2. The molecule has 2 aromatic rings. The first kappa shape index (κ1) is 20.0. The molecule has 2 N–H and O–H groups in total. The number of rotatable bonds is 5. The van der Waals surface area contributed by atoms with Crippen LogP contribution in [0.1, 0.15) is 46.5 Å². The molecule has 0 spiro atoms. The fourth-order valence-corrected chi connectivity index (χ4v) is 5.07. The number of amides is 1. The highest BCUT2D eigenvalue weighted by Crippen LogP contribution is 2.44. The lowest BCUT2D eigenvalue weighted by Crippen LogP contribution is -2.60. The van der Waals surface area contributed by atoms with Crippen molar-refractivity contribution in [3.05, 3.63) is 38.6 Å². The molecule has 1 atom stereocenters. The van der Waals surface area contributed by atoms with Gasteiger partial charge < -0.3 is 15.1 Å². The first-order chi connectivity index (χ1) is 13.7. The van der Waals surface area contributed by atoms with Crippen LogP contribution >= 0.6 is 11.3 Å². The van der Waals surface area contributed by atoms with Gasteiger partial charge in [-0.1, -0.05) is 0 Å². The Hall–Kier alpha value is -2.27. The van der Waals surface area contributed by atoms with Crippen molar-refractivity contribution in [1.29, 1.82) is 0 Å².